The van der Waals surface area contributed by atoms with Crippen molar-refractivity contribution in [2.45, 2.75) is 13.8 Å². The first-order chi connectivity index (χ1) is 10.8. The summed E-state index contributed by atoms with van der Waals surface area (Å²) < 4.78 is 4.91. The molecule has 0 saturated heterocycles. The number of hydrogen-bond acceptors (Lipinski definition) is 5. The van der Waals surface area contributed by atoms with Crippen LogP contribution in [0.2, 0.25) is 0 Å². The van der Waals surface area contributed by atoms with Gasteiger partial charge in [0.1, 0.15) is 11.6 Å². The second-order valence-electron chi connectivity index (χ2n) is 5.04. The normalized spacial score (nSPS) is 11.0. The third-order valence-electron chi connectivity index (χ3n) is 2.73. The van der Waals surface area contributed by atoms with Crippen molar-refractivity contribution in [3.05, 3.63) is 40.5 Å². The molecule has 0 fully saturated rings. The van der Waals surface area contributed by atoms with Crippen molar-refractivity contribution in [3.8, 4) is 6.07 Å². The quantitative estimate of drug-likeness (QED) is 0.468. The molecule has 0 aliphatic carbocycles. The number of aromatic carboxylic acids is 2. The Morgan fingerprint density at radius 1 is 1.26 bits per heavy atom. The van der Waals surface area contributed by atoms with Gasteiger partial charge in [-0.25, -0.2) is 14.4 Å². The van der Waals surface area contributed by atoms with Gasteiger partial charge >= 0.3 is 17.9 Å². The van der Waals surface area contributed by atoms with Gasteiger partial charge in [0.05, 0.1) is 17.7 Å². The van der Waals surface area contributed by atoms with E-state index in [0.717, 1.165) is 12.1 Å². The summed E-state index contributed by atoms with van der Waals surface area (Å²) in [5, 5.41) is 27.3. The average molecular weight is 317 g/mol. The van der Waals surface area contributed by atoms with Crippen LogP contribution in [0, 0.1) is 17.2 Å². The van der Waals surface area contributed by atoms with Crippen molar-refractivity contribution in [2.75, 3.05) is 6.61 Å². The van der Waals surface area contributed by atoms with Crippen molar-refractivity contribution in [1.29, 1.82) is 5.26 Å². The van der Waals surface area contributed by atoms with E-state index >= 15 is 0 Å². The van der Waals surface area contributed by atoms with Gasteiger partial charge in [-0.15, -0.1) is 0 Å². The first kappa shape index (κ1) is 17.9. The Balaban J connectivity index is 3.31. The first-order valence-corrected chi connectivity index (χ1v) is 6.66. The van der Waals surface area contributed by atoms with Gasteiger partial charge in [0.25, 0.3) is 0 Å². The van der Waals surface area contributed by atoms with Crippen molar-refractivity contribution in [3.63, 3.8) is 0 Å². The molecule has 0 saturated carbocycles. The Morgan fingerprint density at radius 3 is 2.39 bits per heavy atom. The molecule has 0 amide bonds. The van der Waals surface area contributed by atoms with Gasteiger partial charge < -0.3 is 14.9 Å². The molecule has 7 heteroatoms. The fourth-order valence-electron chi connectivity index (χ4n) is 1.72. The summed E-state index contributed by atoms with van der Waals surface area (Å²) in [5.41, 5.74) is -1.39. The minimum atomic E-state index is -1.47. The minimum Gasteiger partial charge on any atom is -0.478 e. The van der Waals surface area contributed by atoms with Crippen LogP contribution in [0.25, 0.3) is 6.08 Å². The van der Waals surface area contributed by atoms with Gasteiger partial charge in [0, 0.05) is 0 Å². The highest BCUT2D eigenvalue weighted by molar-refractivity contribution is 6.06. The van der Waals surface area contributed by atoms with Crippen LogP contribution in [0.3, 0.4) is 0 Å². The third kappa shape index (κ3) is 4.68. The molecule has 1 rings (SSSR count). The van der Waals surface area contributed by atoms with Gasteiger partial charge in [0.2, 0.25) is 0 Å². The maximum atomic E-state index is 11.8. The van der Waals surface area contributed by atoms with Crippen LogP contribution in [0.15, 0.2) is 23.8 Å². The van der Waals surface area contributed by atoms with E-state index < -0.39 is 34.6 Å². The molecule has 0 aliphatic heterocycles. The Labute approximate surface area is 132 Å². The monoisotopic (exact) mass is 317 g/mol. The molecule has 0 radical (unpaired) electrons. The second kappa shape index (κ2) is 7.75. The number of ether oxygens (including phenoxy) is 1. The van der Waals surface area contributed by atoms with Crippen LogP contribution in [0.4, 0.5) is 0 Å². The van der Waals surface area contributed by atoms with Crippen LogP contribution in [-0.2, 0) is 9.53 Å². The zero-order chi connectivity index (χ0) is 17.6. The molecule has 1 aromatic carbocycles. The number of benzene rings is 1. The lowest BCUT2D eigenvalue weighted by molar-refractivity contribution is -0.139. The summed E-state index contributed by atoms with van der Waals surface area (Å²) in [6.07, 6.45) is 1.01. The van der Waals surface area contributed by atoms with Gasteiger partial charge in [-0.05, 0) is 23.6 Å². The molecule has 0 bridgehead atoms. The molecule has 1 aromatic rings. The Morgan fingerprint density at radius 2 is 1.91 bits per heavy atom. The number of carboxylic acid groups (broad SMARTS) is 2. The summed E-state index contributed by atoms with van der Waals surface area (Å²) in [6.45, 7) is 3.75. The standard InChI is InChI=1S/C16H15NO6/c1-9(2)8-23-16(22)11(7-17)6-10-4-3-5-12(14(18)19)13(10)15(20)21/h3-6,9H,8H2,1-2H3,(H,18,19)(H,20,21). The highest BCUT2D eigenvalue weighted by Crippen LogP contribution is 2.19. The van der Waals surface area contributed by atoms with Gasteiger partial charge in [-0.3, -0.25) is 0 Å². The van der Waals surface area contributed by atoms with E-state index in [1.165, 1.54) is 12.1 Å². The predicted octanol–water partition coefficient (Wildman–Crippen LogP) is 2.19. The molecule has 0 aromatic heterocycles. The lowest BCUT2D eigenvalue weighted by atomic mass is 9.99. The van der Waals surface area contributed by atoms with Crippen molar-refractivity contribution < 1.29 is 29.3 Å². The van der Waals surface area contributed by atoms with Crippen LogP contribution in [0.5, 0.6) is 0 Å². The maximum Gasteiger partial charge on any atom is 0.348 e. The smallest absolute Gasteiger partial charge is 0.348 e. The molecule has 0 spiro atoms. The summed E-state index contributed by atoms with van der Waals surface area (Å²) in [5.74, 6) is -3.71. The molecule has 0 heterocycles. The molecule has 0 aliphatic rings. The van der Waals surface area contributed by atoms with Gasteiger partial charge in [0.15, 0.2) is 0 Å². The van der Waals surface area contributed by atoms with Gasteiger partial charge in [-0.1, -0.05) is 26.0 Å². The van der Waals surface area contributed by atoms with Crippen molar-refractivity contribution in [2.24, 2.45) is 5.92 Å². The third-order valence-corrected chi connectivity index (χ3v) is 2.73. The first-order valence-electron chi connectivity index (χ1n) is 6.66. The van der Waals surface area contributed by atoms with E-state index in [4.69, 9.17) is 15.1 Å². The number of carboxylic acids is 2. The highest BCUT2D eigenvalue weighted by atomic mass is 16.5. The number of nitriles is 1. The minimum absolute atomic E-state index is 0.0598. The van der Waals surface area contributed by atoms with Crippen molar-refractivity contribution >= 4 is 24.0 Å². The van der Waals surface area contributed by atoms with Crippen LogP contribution >= 0.6 is 0 Å². The molecular weight excluding hydrogens is 302 g/mol. The molecular formula is C16H15NO6. The zero-order valence-corrected chi connectivity index (χ0v) is 12.6. The maximum absolute atomic E-state index is 11.8. The number of nitrogens with zero attached hydrogens (tertiary/aromatic N) is 1. The number of carbonyl (C=O) groups excluding carboxylic acids is 1. The van der Waals surface area contributed by atoms with Crippen LogP contribution in [0.1, 0.15) is 40.1 Å². The highest BCUT2D eigenvalue weighted by Gasteiger charge is 2.20. The Hall–Kier alpha value is -3.14. The second-order valence-corrected chi connectivity index (χ2v) is 5.04. The number of carbonyl (C=O) groups is 3. The SMILES string of the molecule is CC(C)COC(=O)C(C#N)=Cc1cccc(C(=O)O)c1C(=O)O. The topological polar surface area (TPSA) is 125 Å². The average Bonchev–Trinajstić information content (AvgIpc) is 2.49. The van der Waals surface area contributed by atoms with E-state index in [9.17, 15) is 19.5 Å². The number of esters is 1. The molecule has 120 valence electrons. The van der Waals surface area contributed by atoms with Gasteiger partial charge in [-0.2, -0.15) is 5.26 Å². The number of hydrogen-bond donors (Lipinski definition) is 2. The molecule has 23 heavy (non-hydrogen) atoms. The van der Waals surface area contributed by atoms with Crippen LogP contribution in [-0.4, -0.2) is 34.7 Å². The zero-order valence-electron chi connectivity index (χ0n) is 12.6. The van der Waals surface area contributed by atoms with E-state index in [2.05, 4.69) is 0 Å². The lowest BCUT2D eigenvalue weighted by Crippen LogP contribution is -2.13. The lowest BCUT2D eigenvalue weighted by Gasteiger charge is -2.08. The Kier molecular flexibility index (Phi) is 6.04. The van der Waals surface area contributed by atoms with Crippen molar-refractivity contribution in [1.82, 2.24) is 0 Å². The molecule has 2 N–H and O–H groups in total. The molecule has 0 atom stereocenters. The summed E-state index contributed by atoms with van der Waals surface area (Å²) >= 11 is 0. The fourth-order valence-corrected chi connectivity index (χ4v) is 1.72. The predicted molar refractivity (Wildman–Crippen MR) is 79.7 cm³/mol. The van der Waals surface area contributed by atoms with E-state index in [1.54, 1.807) is 6.07 Å². The van der Waals surface area contributed by atoms with E-state index in [0.29, 0.717) is 0 Å². The number of rotatable bonds is 6. The molecule has 0 unspecified atom stereocenters. The van der Waals surface area contributed by atoms with E-state index in [-0.39, 0.29) is 18.1 Å². The largest absolute Gasteiger partial charge is 0.478 e. The van der Waals surface area contributed by atoms with E-state index in [1.807, 2.05) is 13.8 Å². The summed E-state index contributed by atoms with van der Waals surface area (Å²) in [6, 6.07) is 5.40. The van der Waals surface area contributed by atoms with Crippen LogP contribution < -0.4 is 0 Å². The molecule has 7 nitrogen and oxygen atoms in total. The fraction of sp³-hybridized carbons (Fsp3) is 0.250. The summed E-state index contributed by atoms with van der Waals surface area (Å²) in [4.78, 5) is 34.2. The summed E-state index contributed by atoms with van der Waals surface area (Å²) in [7, 11) is 0. The Bertz CT molecular complexity index is 712.